The van der Waals surface area contributed by atoms with Crippen LogP contribution in [0.4, 0.5) is 13.2 Å². The van der Waals surface area contributed by atoms with E-state index in [2.05, 4.69) is 5.16 Å². The summed E-state index contributed by atoms with van der Waals surface area (Å²) in [5.74, 6) is -1.16. The summed E-state index contributed by atoms with van der Waals surface area (Å²) in [6, 6.07) is 7.89. The number of carboxylic acids is 1. The van der Waals surface area contributed by atoms with Gasteiger partial charge in [0.1, 0.15) is 5.71 Å². The molecule has 0 aliphatic carbocycles. The highest BCUT2D eigenvalue weighted by Gasteiger charge is 2.62. The first-order valence-electron chi connectivity index (χ1n) is 9.36. The van der Waals surface area contributed by atoms with E-state index in [0.717, 1.165) is 12.1 Å². The van der Waals surface area contributed by atoms with Crippen LogP contribution in [0.2, 0.25) is 15.1 Å². The highest BCUT2D eigenvalue weighted by molar-refractivity contribution is 6.48. The van der Waals surface area contributed by atoms with Gasteiger partial charge in [-0.25, -0.2) is 4.79 Å². The lowest BCUT2D eigenvalue weighted by atomic mass is 9.87. The molecule has 4 rings (SSSR count). The maximum absolute atomic E-state index is 14.2. The van der Waals surface area contributed by atoms with Gasteiger partial charge < -0.3 is 14.3 Å². The molecule has 0 saturated carbocycles. The van der Waals surface area contributed by atoms with Crippen molar-refractivity contribution in [2.24, 2.45) is 5.16 Å². The van der Waals surface area contributed by atoms with Crippen molar-refractivity contribution >= 4 is 52.0 Å². The van der Waals surface area contributed by atoms with E-state index in [4.69, 9.17) is 39.6 Å². The highest BCUT2D eigenvalue weighted by atomic mass is 35.5. The fourth-order valence-corrected chi connectivity index (χ4v) is 3.98. The van der Waals surface area contributed by atoms with E-state index in [9.17, 15) is 23.1 Å². The number of nitrogens with zero attached hydrogens (tertiary/aromatic N) is 2. The summed E-state index contributed by atoms with van der Waals surface area (Å²) in [7, 11) is 0. The van der Waals surface area contributed by atoms with Gasteiger partial charge in [-0.2, -0.15) is 13.2 Å². The molecule has 0 fully saturated rings. The molecule has 0 radical (unpaired) electrons. The molecule has 3 aromatic rings. The Bertz CT molecular complexity index is 1200. The molecular formula is C21H16Cl3F3N2O3. The average Bonchev–Trinajstić information content (AvgIpc) is 3.40. The average molecular weight is 508 g/mol. The lowest BCUT2D eigenvalue weighted by Crippen LogP contribution is -2.42. The van der Waals surface area contributed by atoms with Crippen molar-refractivity contribution in [1.82, 2.24) is 4.40 Å². The molecule has 32 heavy (non-hydrogen) atoms. The number of alkyl halides is 3. The quantitative estimate of drug-likeness (QED) is 0.381. The van der Waals surface area contributed by atoms with E-state index in [1.54, 1.807) is 12.1 Å². The Morgan fingerprint density at radius 1 is 1.16 bits per heavy atom. The van der Waals surface area contributed by atoms with Gasteiger partial charge in [0, 0.05) is 11.8 Å². The predicted molar refractivity (Wildman–Crippen MR) is 117 cm³/mol. The Balaban J connectivity index is 0.00000141. The molecular weight excluding hydrogens is 492 g/mol. The predicted octanol–water partition coefficient (Wildman–Crippen LogP) is 7.21. The van der Waals surface area contributed by atoms with E-state index < -0.39 is 24.2 Å². The van der Waals surface area contributed by atoms with E-state index in [1.807, 2.05) is 13.8 Å². The SMILES string of the molecule is CC.O=C(O)c1ccc(C2=NOC(c3cc(Cl)c(Cl)c(Cl)c3)(C(F)(F)F)C2)n2cccc12. The number of rotatable bonds is 3. The molecule has 0 spiro atoms. The topological polar surface area (TPSA) is 63.3 Å². The van der Waals surface area contributed by atoms with E-state index >= 15 is 0 Å². The van der Waals surface area contributed by atoms with Crippen molar-refractivity contribution in [3.8, 4) is 0 Å². The van der Waals surface area contributed by atoms with Gasteiger partial charge in [0.25, 0.3) is 5.60 Å². The van der Waals surface area contributed by atoms with Crippen LogP contribution in [0.5, 0.6) is 0 Å². The van der Waals surface area contributed by atoms with Gasteiger partial charge in [-0.15, -0.1) is 0 Å². The van der Waals surface area contributed by atoms with Crippen LogP contribution < -0.4 is 0 Å². The maximum Gasteiger partial charge on any atom is 0.435 e. The zero-order chi connectivity index (χ0) is 23.8. The molecule has 0 bridgehead atoms. The first kappa shape index (κ1) is 24.2. The molecule has 0 saturated heterocycles. The number of carboxylic acid groups (broad SMARTS) is 1. The van der Waals surface area contributed by atoms with Crippen LogP contribution in [0.25, 0.3) is 5.52 Å². The van der Waals surface area contributed by atoms with Gasteiger partial charge in [0.05, 0.1) is 38.3 Å². The minimum atomic E-state index is -4.87. The van der Waals surface area contributed by atoms with E-state index in [-0.39, 0.29) is 37.6 Å². The molecule has 170 valence electrons. The van der Waals surface area contributed by atoms with Crippen molar-refractivity contribution in [2.75, 3.05) is 0 Å². The number of fused-ring (bicyclic) bond motifs is 1. The molecule has 3 heterocycles. The van der Waals surface area contributed by atoms with Crippen molar-refractivity contribution in [3.05, 3.63) is 74.5 Å². The number of halogens is 6. The number of hydrogen-bond acceptors (Lipinski definition) is 3. The van der Waals surface area contributed by atoms with Crippen LogP contribution in [-0.2, 0) is 10.4 Å². The zero-order valence-corrected chi connectivity index (χ0v) is 18.9. The molecule has 1 unspecified atom stereocenters. The van der Waals surface area contributed by atoms with Crippen LogP contribution in [-0.4, -0.2) is 27.4 Å². The number of aromatic carboxylic acids is 1. The summed E-state index contributed by atoms with van der Waals surface area (Å²) in [4.78, 5) is 16.4. The van der Waals surface area contributed by atoms with Crippen molar-refractivity contribution < 1.29 is 27.9 Å². The summed E-state index contributed by atoms with van der Waals surface area (Å²) in [6.45, 7) is 4.00. The Kier molecular flexibility index (Phi) is 6.70. The Labute approximate surface area is 195 Å². The third kappa shape index (κ3) is 3.91. The second-order valence-corrected chi connectivity index (χ2v) is 7.78. The third-order valence-electron chi connectivity index (χ3n) is 4.85. The standard InChI is InChI=1S/C19H10Cl3F3N2O3.C2H6/c20-11-6-9(7-12(21)16(11)22)18(19(23,24)25)8-13(26-30-18)15-4-3-10(17(28)29)14-2-1-5-27(14)15;1-2/h1-7H,8H2,(H,28,29);1-2H3. The lowest BCUT2D eigenvalue weighted by molar-refractivity contribution is -0.275. The molecule has 1 aliphatic rings. The van der Waals surface area contributed by atoms with Gasteiger partial charge in [0.2, 0.25) is 0 Å². The van der Waals surface area contributed by atoms with Crippen LogP contribution in [0.3, 0.4) is 0 Å². The van der Waals surface area contributed by atoms with Gasteiger partial charge in [-0.05, 0) is 36.4 Å². The summed E-state index contributed by atoms with van der Waals surface area (Å²) in [6.07, 6.45) is -4.01. The van der Waals surface area contributed by atoms with Crippen LogP contribution in [0.15, 0.2) is 47.8 Å². The Morgan fingerprint density at radius 2 is 1.78 bits per heavy atom. The molecule has 0 amide bonds. The second kappa shape index (κ2) is 8.84. The van der Waals surface area contributed by atoms with Crippen LogP contribution in [0.1, 0.15) is 41.9 Å². The van der Waals surface area contributed by atoms with Crippen molar-refractivity contribution in [3.63, 3.8) is 0 Å². The third-order valence-corrected chi connectivity index (χ3v) is 6.05. The van der Waals surface area contributed by atoms with Gasteiger partial charge in [-0.3, -0.25) is 0 Å². The number of hydrogen-bond donors (Lipinski definition) is 1. The fraction of sp³-hybridized carbons (Fsp3) is 0.238. The number of aromatic nitrogens is 1. The largest absolute Gasteiger partial charge is 0.478 e. The molecule has 1 aliphatic heterocycles. The van der Waals surface area contributed by atoms with Gasteiger partial charge in [-0.1, -0.05) is 53.8 Å². The number of benzene rings is 1. The number of carbonyl (C=O) groups is 1. The minimum absolute atomic E-state index is 0.00150. The molecule has 2 aromatic heterocycles. The number of pyridine rings is 1. The first-order chi connectivity index (χ1) is 15.0. The van der Waals surface area contributed by atoms with Gasteiger partial charge in [0.15, 0.2) is 0 Å². The highest BCUT2D eigenvalue weighted by Crippen LogP contribution is 2.50. The van der Waals surface area contributed by atoms with E-state index in [1.165, 1.54) is 22.7 Å². The number of oxime groups is 1. The minimum Gasteiger partial charge on any atom is -0.478 e. The second-order valence-electron chi connectivity index (χ2n) is 6.59. The molecule has 1 N–H and O–H groups in total. The normalized spacial score (nSPS) is 18.1. The summed E-state index contributed by atoms with van der Waals surface area (Å²) < 4.78 is 44.0. The first-order valence-corrected chi connectivity index (χ1v) is 10.5. The van der Waals surface area contributed by atoms with E-state index in [0.29, 0.717) is 5.52 Å². The summed E-state index contributed by atoms with van der Waals surface area (Å²) >= 11 is 17.7. The van der Waals surface area contributed by atoms with Crippen LogP contribution in [0, 0.1) is 0 Å². The summed E-state index contributed by atoms with van der Waals surface area (Å²) in [5.41, 5.74) is -2.62. The van der Waals surface area contributed by atoms with Gasteiger partial charge >= 0.3 is 12.1 Å². The lowest BCUT2D eigenvalue weighted by Gasteiger charge is -2.30. The zero-order valence-electron chi connectivity index (χ0n) is 16.7. The van der Waals surface area contributed by atoms with Crippen molar-refractivity contribution in [1.29, 1.82) is 0 Å². The smallest absolute Gasteiger partial charge is 0.435 e. The molecule has 1 atom stereocenters. The summed E-state index contributed by atoms with van der Waals surface area (Å²) in [5, 5.41) is 12.6. The Hall–Kier alpha value is -2.42. The molecule has 5 nitrogen and oxygen atoms in total. The molecule has 11 heteroatoms. The van der Waals surface area contributed by atoms with Crippen LogP contribution >= 0.6 is 34.8 Å². The fourth-order valence-electron chi connectivity index (χ4n) is 3.38. The Morgan fingerprint density at radius 3 is 2.34 bits per heavy atom. The van der Waals surface area contributed by atoms with Crippen molar-refractivity contribution in [2.45, 2.75) is 32.0 Å². The maximum atomic E-state index is 14.2. The molecule has 1 aromatic carbocycles. The monoisotopic (exact) mass is 506 g/mol.